The van der Waals surface area contributed by atoms with E-state index < -0.39 is 18.0 Å². The Hall–Kier alpha value is -1.92. The van der Waals surface area contributed by atoms with Gasteiger partial charge in [0.15, 0.2) is 5.75 Å². The first-order valence-corrected chi connectivity index (χ1v) is 6.63. The lowest BCUT2D eigenvalue weighted by molar-refractivity contribution is -0.274. The van der Waals surface area contributed by atoms with Gasteiger partial charge < -0.3 is 10.1 Å². The van der Waals surface area contributed by atoms with Crippen molar-refractivity contribution in [1.82, 2.24) is 0 Å². The first kappa shape index (κ1) is 16.5. The largest absolute Gasteiger partial charge is 0.573 e. The third-order valence-electron chi connectivity index (χ3n) is 2.54. The quantitative estimate of drug-likeness (QED) is 0.832. The number of halogens is 5. The van der Waals surface area contributed by atoms with Crippen LogP contribution in [0.25, 0.3) is 0 Å². The summed E-state index contributed by atoms with van der Waals surface area (Å²) in [5.74, 6) is -1.20. The number of benzene rings is 2. The predicted octanol–water partition coefficient (Wildman–Crippen LogP) is 5.14. The first-order valence-electron chi connectivity index (χ1n) is 5.87. The molecule has 0 atom stereocenters. The van der Waals surface area contributed by atoms with E-state index in [1.807, 2.05) is 0 Å². The molecule has 8 heteroatoms. The van der Waals surface area contributed by atoms with Gasteiger partial charge in [-0.15, -0.1) is 13.2 Å². The van der Waals surface area contributed by atoms with Crippen molar-refractivity contribution < 1.29 is 22.7 Å². The number of hydrogen-bond acceptors (Lipinski definition) is 2. The van der Waals surface area contributed by atoms with E-state index >= 15 is 0 Å². The zero-order chi connectivity index (χ0) is 16.3. The zero-order valence-corrected chi connectivity index (χ0v) is 12.3. The van der Waals surface area contributed by atoms with Gasteiger partial charge in [-0.25, -0.2) is 0 Å². The molecule has 2 rings (SSSR count). The van der Waals surface area contributed by atoms with Crippen LogP contribution in [0, 0.1) is 0 Å². The van der Waals surface area contributed by atoms with Crippen molar-refractivity contribution in [2.45, 2.75) is 6.36 Å². The van der Waals surface area contributed by atoms with Crippen molar-refractivity contribution in [3.63, 3.8) is 0 Å². The number of ether oxygens (including phenoxy) is 1. The summed E-state index contributed by atoms with van der Waals surface area (Å²) in [4.78, 5) is 12.1. The number of rotatable bonds is 3. The molecule has 3 nitrogen and oxygen atoms in total. The number of anilines is 1. The van der Waals surface area contributed by atoms with E-state index in [1.165, 1.54) is 36.4 Å². The Balaban J connectivity index is 2.25. The van der Waals surface area contributed by atoms with Crippen LogP contribution >= 0.6 is 23.2 Å². The molecule has 116 valence electrons. The standard InChI is InChI=1S/C14H8Cl2F3NO2/c15-8-5-6-9(10(16)7-8)13(21)20-11-3-1-2-4-12(11)22-14(17,18)19/h1-7H,(H,20,21). The van der Waals surface area contributed by atoms with E-state index in [4.69, 9.17) is 23.2 Å². The number of carbonyl (C=O) groups excluding carboxylic acids is 1. The van der Waals surface area contributed by atoms with Gasteiger partial charge in [-0.05, 0) is 30.3 Å². The molecular weight excluding hydrogens is 342 g/mol. The van der Waals surface area contributed by atoms with E-state index in [-0.39, 0.29) is 16.3 Å². The van der Waals surface area contributed by atoms with Crippen LogP contribution < -0.4 is 10.1 Å². The third kappa shape index (κ3) is 4.29. The topological polar surface area (TPSA) is 38.3 Å². The van der Waals surface area contributed by atoms with Crippen LogP contribution in [-0.4, -0.2) is 12.3 Å². The molecule has 0 fully saturated rings. The van der Waals surface area contributed by atoms with Crippen LogP contribution in [-0.2, 0) is 0 Å². The Bertz CT molecular complexity index is 705. The molecule has 2 aromatic rings. The second kappa shape index (κ2) is 6.46. The average Bonchev–Trinajstić information content (AvgIpc) is 2.39. The van der Waals surface area contributed by atoms with Gasteiger partial charge in [-0.1, -0.05) is 35.3 Å². The van der Waals surface area contributed by atoms with Crippen molar-refractivity contribution >= 4 is 34.8 Å². The molecule has 0 heterocycles. The Morgan fingerprint density at radius 1 is 1.09 bits per heavy atom. The van der Waals surface area contributed by atoms with Crippen LogP contribution in [0.2, 0.25) is 10.0 Å². The number of amides is 1. The fourth-order valence-electron chi connectivity index (χ4n) is 1.65. The lowest BCUT2D eigenvalue weighted by Crippen LogP contribution is -2.19. The molecule has 22 heavy (non-hydrogen) atoms. The smallest absolute Gasteiger partial charge is 0.404 e. The van der Waals surface area contributed by atoms with Gasteiger partial charge in [0.2, 0.25) is 0 Å². The minimum atomic E-state index is -4.86. The maximum atomic E-state index is 12.3. The molecule has 0 aromatic heterocycles. The van der Waals surface area contributed by atoms with E-state index in [0.29, 0.717) is 5.02 Å². The Labute approximate surface area is 133 Å². The fourth-order valence-corrected chi connectivity index (χ4v) is 2.14. The molecule has 2 aromatic carbocycles. The lowest BCUT2D eigenvalue weighted by atomic mass is 10.2. The number of carbonyl (C=O) groups is 1. The Kier molecular flexibility index (Phi) is 4.83. The molecule has 0 aliphatic carbocycles. The second-order valence-corrected chi connectivity index (χ2v) is 4.97. The highest BCUT2D eigenvalue weighted by molar-refractivity contribution is 6.37. The summed E-state index contributed by atoms with van der Waals surface area (Å²) in [6.07, 6.45) is -4.86. The maximum Gasteiger partial charge on any atom is 0.573 e. The van der Waals surface area contributed by atoms with Crippen molar-refractivity contribution in [2.24, 2.45) is 0 Å². The maximum absolute atomic E-state index is 12.3. The predicted molar refractivity (Wildman–Crippen MR) is 77.5 cm³/mol. The average molecular weight is 350 g/mol. The van der Waals surface area contributed by atoms with E-state index in [9.17, 15) is 18.0 Å². The first-order chi connectivity index (χ1) is 10.3. The summed E-state index contributed by atoms with van der Waals surface area (Å²) in [6.45, 7) is 0. The number of hydrogen-bond donors (Lipinski definition) is 1. The summed E-state index contributed by atoms with van der Waals surface area (Å²) in [5, 5.41) is 2.74. The van der Waals surface area contributed by atoms with Crippen molar-refractivity contribution in [2.75, 3.05) is 5.32 Å². The Morgan fingerprint density at radius 3 is 2.41 bits per heavy atom. The van der Waals surface area contributed by atoms with Gasteiger partial charge in [0.1, 0.15) is 0 Å². The van der Waals surface area contributed by atoms with Gasteiger partial charge >= 0.3 is 6.36 Å². The van der Waals surface area contributed by atoms with Crippen LogP contribution in [0.4, 0.5) is 18.9 Å². The molecule has 0 spiro atoms. The minimum Gasteiger partial charge on any atom is -0.404 e. The highest BCUT2D eigenvalue weighted by Gasteiger charge is 2.32. The molecule has 0 radical (unpaired) electrons. The molecule has 0 unspecified atom stereocenters. The van der Waals surface area contributed by atoms with Gasteiger partial charge in [0, 0.05) is 5.02 Å². The summed E-state index contributed by atoms with van der Waals surface area (Å²) in [6, 6.07) is 9.35. The summed E-state index contributed by atoms with van der Waals surface area (Å²) < 4.78 is 40.8. The van der Waals surface area contributed by atoms with E-state index in [1.54, 1.807) is 0 Å². The highest BCUT2D eigenvalue weighted by atomic mass is 35.5. The van der Waals surface area contributed by atoms with E-state index in [2.05, 4.69) is 10.1 Å². The van der Waals surface area contributed by atoms with Crippen LogP contribution in [0.3, 0.4) is 0 Å². The van der Waals surface area contributed by atoms with Crippen LogP contribution in [0.15, 0.2) is 42.5 Å². The third-order valence-corrected chi connectivity index (χ3v) is 3.08. The zero-order valence-electron chi connectivity index (χ0n) is 10.7. The van der Waals surface area contributed by atoms with E-state index in [0.717, 1.165) is 6.07 Å². The molecule has 0 saturated heterocycles. The highest BCUT2D eigenvalue weighted by Crippen LogP contribution is 2.31. The summed E-state index contributed by atoms with van der Waals surface area (Å²) in [5.41, 5.74) is -0.0521. The molecule has 1 N–H and O–H groups in total. The summed E-state index contributed by atoms with van der Waals surface area (Å²) >= 11 is 11.6. The van der Waals surface area contributed by atoms with Gasteiger partial charge in [-0.2, -0.15) is 0 Å². The van der Waals surface area contributed by atoms with Crippen LogP contribution in [0.1, 0.15) is 10.4 Å². The normalized spacial score (nSPS) is 11.1. The fraction of sp³-hybridized carbons (Fsp3) is 0.0714. The molecule has 0 aliphatic heterocycles. The Morgan fingerprint density at radius 2 is 1.77 bits per heavy atom. The van der Waals surface area contributed by atoms with Gasteiger partial charge in [-0.3, -0.25) is 4.79 Å². The molecule has 0 saturated carbocycles. The van der Waals surface area contributed by atoms with Crippen molar-refractivity contribution in [1.29, 1.82) is 0 Å². The second-order valence-electron chi connectivity index (χ2n) is 4.12. The van der Waals surface area contributed by atoms with Crippen LogP contribution in [0.5, 0.6) is 5.75 Å². The number of nitrogens with one attached hydrogen (secondary N) is 1. The molecular formula is C14H8Cl2F3NO2. The molecule has 0 bridgehead atoms. The van der Waals surface area contributed by atoms with Gasteiger partial charge in [0.05, 0.1) is 16.3 Å². The minimum absolute atomic E-state index is 0.0767. The summed E-state index contributed by atoms with van der Waals surface area (Å²) in [7, 11) is 0. The molecule has 1 amide bonds. The van der Waals surface area contributed by atoms with Gasteiger partial charge in [0.25, 0.3) is 5.91 Å². The lowest BCUT2D eigenvalue weighted by Gasteiger charge is -2.14. The number of alkyl halides is 3. The monoisotopic (exact) mass is 349 g/mol. The molecule has 0 aliphatic rings. The number of para-hydroxylation sites is 2. The SMILES string of the molecule is O=C(Nc1ccccc1OC(F)(F)F)c1ccc(Cl)cc1Cl. The van der Waals surface area contributed by atoms with Crippen molar-refractivity contribution in [3.8, 4) is 5.75 Å². The van der Waals surface area contributed by atoms with Crippen molar-refractivity contribution in [3.05, 3.63) is 58.1 Å².